The number of hydrogen-bond donors (Lipinski definition) is 1. The second-order valence-corrected chi connectivity index (χ2v) is 4.30. The topological polar surface area (TPSA) is 73.5 Å². The van der Waals surface area contributed by atoms with Crippen molar-refractivity contribution in [1.29, 1.82) is 0 Å². The van der Waals surface area contributed by atoms with Crippen LogP contribution in [0.4, 0.5) is 11.5 Å². The quantitative estimate of drug-likeness (QED) is 0.864. The zero-order valence-corrected chi connectivity index (χ0v) is 10.9. The van der Waals surface area contributed by atoms with Gasteiger partial charge in [-0.3, -0.25) is 0 Å². The minimum atomic E-state index is 0.408. The molecule has 1 aromatic heterocycles. The number of anilines is 2. The minimum Gasteiger partial charge on any atom is -0.476 e. The summed E-state index contributed by atoms with van der Waals surface area (Å²) in [7, 11) is 2.00. The molecule has 2 heterocycles. The molecule has 0 spiro atoms. The van der Waals surface area contributed by atoms with E-state index in [4.69, 9.17) is 15.2 Å². The summed E-state index contributed by atoms with van der Waals surface area (Å²) in [6.07, 6.45) is 3.47. The summed E-state index contributed by atoms with van der Waals surface area (Å²) in [5.41, 5.74) is 6.56. The third kappa shape index (κ3) is 2.64. The van der Waals surface area contributed by atoms with Crippen molar-refractivity contribution in [2.24, 2.45) is 0 Å². The molecule has 100 valence electrons. The lowest BCUT2D eigenvalue weighted by Crippen LogP contribution is -2.37. The first kappa shape index (κ1) is 12.9. The second kappa shape index (κ2) is 5.86. The van der Waals surface area contributed by atoms with Gasteiger partial charge in [-0.05, 0) is 19.8 Å². The summed E-state index contributed by atoms with van der Waals surface area (Å²) in [5, 5.41) is 0. The van der Waals surface area contributed by atoms with Gasteiger partial charge in [-0.25, -0.2) is 4.98 Å². The number of ether oxygens (including phenoxy) is 2. The van der Waals surface area contributed by atoms with E-state index in [1.165, 1.54) is 6.33 Å². The number of rotatable bonds is 4. The van der Waals surface area contributed by atoms with E-state index < -0.39 is 0 Å². The maximum absolute atomic E-state index is 6.05. The smallest absolute Gasteiger partial charge is 0.242 e. The molecule has 0 unspecified atom stereocenters. The Bertz CT molecular complexity index is 394. The van der Waals surface area contributed by atoms with Gasteiger partial charge in [0, 0.05) is 26.3 Å². The van der Waals surface area contributed by atoms with Crippen molar-refractivity contribution in [3.63, 3.8) is 0 Å². The van der Waals surface area contributed by atoms with E-state index in [0.717, 1.165) is 31.9 Å². The Morgan fingerprint density at radius 2 is 2.17 bits per heavy atom. The van der Waals surface area contributed by atoms with Crippen LogP contribution in [0.25, 0.3) is 0 Å². The van der Waals surface area contributed by atoms with Crippen molar-refractivity contribution in [2.45, 2.75) is 25.8 Å². The number of aromatic nitrogens is 2. The van der Waals surface area contributed by atoms with Crippen molar-refractivity contribution in [3.8, 4) is 5.88 Å². The fraction of sp³-hybridized carbons (Fsp3) is 0.667. The number of nitrogen functional groups attached to an aromatic ring is 1. The standard InChI is InChI=1S/C12H20N4O2/c1-3-18-12-10(13)11(14-8-15-12)16(2)9-4-6-17-7-5-9/h8-9H,3-7,13H2,1-2H3. The van der Waals surface area contributed by atoms with E-state index in [0.29, 0.717) is 24.2 Å². The van der Waals surface area contributed by atoms with E-state index in [2.05, 4.69) is 14.9 Å². The average Bonchev–Trinajstić information content (AvgIpc) is 2.42. The molecule has 6 nitrogen and oxygen atoms in total. The summed E-state index contributed by atoms with van der Waals surface area (Å²) in [4.78, 5) is 10.4. The zero-order chi connectivity index (χ0) is 13.0. The van der Waals surface area contributed by atoms with Gasteiger partial charge in [0.15, 0.2) is 5.82 Å². The van der Waals surface area contributed by atoms with E-state index >= 15 is 0 Å². The van der Waals surface area contributed by atoms with E-state index in [9.17, 15) is 0 Å². The molecule has 1 aromatic rings. The molecule has 2 N–H and O–H groups in total. The van der Waals surface area contributed by atoms with Gasteiger partial charge in [0.25, 0.3) is 0 Å². The maximum atomic E-state index is 6.05. The largest absolute Gasteiger partial charge is 0.476 e. The van der Waals surface area contributed by atoms with Crippen LogP contribution in [-0.4, -0.2) is 42.9 Å². The second-order valence-electron chi connectivity index (χ2n) is 4.30. The lowest BCUT2D eigenvalue weighted by atomic mass is 10.1. The minimum absolute atomic E-state index is 0.408. The van der Waals surface area contributed by atoms with E-state index in [1.54, 1.807) is 0 Å². The molecule has 1 aliphatic heterocycles. The Kier molecular flexibility index (Phi) is 4.19. The molecular weight excluding hydrogens is 232 g/mol. The lowest BCUT2D eigenvalue weighted by molar-refractivity contribution is 0.0853. The molecule has 0 atom stereocenters. The Labute approximate surface area is 107 Å². The van der Waals surface area contributed by atoms with Crippen molar-refractivity contribution < 1.29 is 9.47 Å². The molecule has 18 heavy (non-hydrogen) atoms. The highest BCUT2D eigenvalue weighted by Crippen LogP contribution is 2.29. The van der Waals surface area contributed by atoms with E-state index in [1.807, 2.05) is 14.0 Å². The summed E-state index contributed by atoms with van der Waals surface area (Å²) in [6, 6.07) is 0.408. The molecule has 1 saturated heterocycles. The van der Waals surface area contributed by atoms with Crippen LogP contribution in [0.1, 0.15) is 19.8 Å². The molecule has 6 heteroatoms. The van der Waals surface area contributed by atoms with Gasteiger partial charge in [0.2, 0.25) is 5.88 Å². The fourth-order valence-corrected chi connectivity index (χ4v) is 2.15. The summed E-state index contributed by atoms with van der Waals surface area (Å²) in [5.74, 6) is 1.20. The van der Waals surface area contributed by atoms with Crippen molar-refractivity contribution >= 4 is 11.5 Å². The summed E-state index contributed by atoms with van der Waals surface area (Å²) in [6.45, 7) is 4.03. The molecule has 0 radical (unpaired) electrons. The molecule has 0 aliphatic carbocycles. The first-order valence-electron chi connectivity index (χ1n) is 6.28. The Balaban J connectivity index is 2.18. The van der Waals surface area contributed by atoms with Crippen LogP contribution in [0.15, 0.2) is 6.33 Å². The predicted molar refractivity (Wildman–Crippen MR) is 69.9 cm³/mol. The number of nitrogens with zero attached hydrogens (tertiary/aromatic N) is 3. The molecule has 0 aromatic carbocycles. The van der Waals surface area contributed by atoms with Gasteiger partial charge in [0.05, 0.1) is 6.61 Å². The zero-order valence-electron chi connectivity index (χ0n) is 10.9. The van der Waals surface area contributed by atoms with Crippen LogP contribution < -0.4 is 15.4 Å². The molecule has 0 saturated carbocycles. The van der Waals surface area contributed by atoms with Crippen LogP contribution in [-0.2, 0) is 4.74 Å². The monoisotopic (exact) mass is 252 g/mol. The SMILES string of the molecule is CCOc1ncnc(N(C)C2CCOCC2)c1N. The van der Waals surface area contributed by atoms with Crippen molar-refractivity contribution in [3.05, 3.63) is 6.33 Å². The highest BCUT2D eigenvalue weighted by molar-refractivity contribution is 5.67. The average molecular weight is 252 g/mol. The van der Waals surface area contributed by atoms with E-state index in [-0.39, 0.29) is 0 Å². The van der Waals surface area contributed by atoms with Crippen molar-refractivity contribution in [2.75, 3.05) is 37.5 Å². The maximum Gasteiger partial charge on any atom is 0.242 e. The van der Waals surface area contributed by atoms with Gasteiger partial charge < -0.3 is 20.1 Å². The number of nitrogens with two attached hydrogens (primary N) is 1. The highest BCUT2D eigenvalue weighted by atomic mass is 16.5. The Hall–Kier alpha value is -1.56. The van der Waals surface area contributed by atoms with Gasteiger partial charge >= 0.3 is 0 Å². The third-order valence-corrected chi connectivity index (χ3v) is 3.18. The van der Waals surface area contributed by atoms with Gasteiger partial charge in [0.1, 0.15) is 12.0 Å². The highest BCUT2D eigenvalue weighted by Gasteiger charge is 2.22. The molecular formula is C12H20N4O2. The molecule has 1 aliphatic rings. The molecule has 0 amide bonds. The normalized spacial score (nSPS) is 16.6. The summed E-state index contributed by atoms with van der Waals surface area (Å²) >= 11 is 0. The van der Waals surface area contributed by atoms with Gasteiger partial charge in [-0.2, -0.15) is 4.98 Å². The fourth-order valence-electron chi connectivity index (χ4n) is 2.15. The van der Waals surface area contributed by atoms with Gasteiger partial charge in [-0.15, -0.1) is 0 Å². The van der Waals surface area contributed by atoms with Gasteiger partial charge in [-0.1, -0.05) is 0 Å². The lowest BCUT2D eigenvalue weighted by Gasteiger charge is -2.32. The first-order chi connectivity index (χ1) is 8.74. The van der Waals surface area contributed by atoms with Crippen LogP contribution in [0.3, 0.4) is 0 Å². The molecule has 1 fully saturated rings. The Morgan fingerprint density at radius 1 is 1.44 bits per heavy atom. The Morgan fingerprint density at radius 3 is 2.83 bits per heavy atom. The number of hydrogen-bond acceptors (Lipinski definition) is 6. The van der Waals surface area contributed by atoms with Crippen LogP contribution in [0, 0.1) is 0 Å². The molecule has 0 bridgehead atoms. The van der Waals surface area contributed by atoms with Crippen molar-refractivity contribution in [1.82, 2.24) is 9.97 Å². The predicted octanol–water partition coefficient (Wildman–Crippen LogP) is 1.07. The molecule has 2 rings (SSSR count). The first-order valence-corrected chi connectivity index (χ1v) is 6.28. The third-order valence-electron chi connectivity index (χ3n) is 3.18. The van der Waals surface area contributed by atoms with Crippen LogP contribution in [0.5, 0.6) is 5.88 Å². The van der Waals surface area contributed by atoms with Crippen LogP contribution in [0.2, 0.25) is 0 Å². The van der Waals surface area contributed by atoms with Crippen LogP contribution >= 0.6 is 0 Å². The summed E-state index contributed by atoms with van der Waals surface area (Å²) < 4.78 is 10.8.